The molecule has 0 amide bonds. The number of nitriles is 1. The number of nitrogen functional groups attached to an aromatic ring is 1. The van der Waals surface area contributed by atoms with Gasteiger partial charge in [0.25, 0.3) is 0 Å². The first kappa shape index (κ1) is 27.5. The number of fused-ring (bicyclic) bond motifs is 1. The van der Waals surface area contributed by atoms with Crippen molar-refractivity contribution in [1.82, 2.24) is 4.98 Å². The maximum Gasteiger partial charge on any atom is 0.203 e. The topological polar surface area (TPSA) is 118 Å². The Labute approximate surface area is 228 Å². The highest BCUT2D eigenvalue weighted by Crippen LogP contribution is 2.49. The molecule has 2 aromatic carbocycles. The lowest BCUT2D eigenvalue weighted by Crippen LogP contribution is -2.14. The molecule has 1 heterocycles. The number of hydrogen-bond donors (Lipinski definition) is 1. The van der Waals surface area contributed by atoms with Crippen LogP contribution in [0, 0.1) is 11.3 Å². The van der Waals surface area contributed by atoms with E-state index in [0.717, 1.165) is 40.8 Å². The predicted molar refractivity (Wildman–Crippen MR) is 150 cm³/mol. The summed E-state index contributed by atoms with van der Waals surface area (Å²) in [5.74, 6) is 3.33. The molecule has 4 rings (SSSR count). The zero-order valence-corrected chi connectivity index (χ0v) is 23.3. The number of hydrogen-bond acceptors (Lipinski definition) is 9. The Bertz CT molecular complexity index is 1420. The first-order valence-corrected chi connectivity index (χ1v) is 12.4. The molecule has 0 radical (unpaired) electrons. The molecule has 0 saturated heterocycles. The van der Waals surface area contributed by atoms with Crippen molar-refractivity contribution >= 4 is 17.5 Å². The third kappa shape index (κ3) is 4.86. The van der Waals surface area contributed by atoms with Crippen LogP contribution in [0.3, 0.4) is 0 Å². The van der Waals surface area contributed by atoms with Gasteiger partial charge in [0.05, 0.1) is 48.4 Å². The number of aromatic nitrogens is 1. The number of anilines is 1. The lowest BCUT2D eigenvalue weighted by Gasteiger charge is -2.28. The third-order valence-corrected chi connectivity index (χ3v) is 7.00. The number of pyridine rings is 1. The summed E-state index contributed by atoms with van der Waals surface area (Å²) in [5.41, 5.74) is 11.7. The molecule has 0 fully saturated rings. The van der Waals surface area contributed by atoms with Gasteiger partial charge in [0, 0.05) is 5.56 Å². The van der Waals surface area contributed by atoms with Crippen molar-refractivity contribution in [3.63, 3.8) is 0 Å². The Kier molecular flexibility index (Phi) is 8.05. The average molecular weight is 532 g/mol. The highest BCUT2D eigenvalue weighted by Gasteiger charge is 2.30. The van der Waals surface area contributed by atoms with Crippen molar-refractivity contribution in [2.24, 2.45) is 0 Å². The second-order valence-electron chi connectivity index (χ2n) is 9.10. The van der Waals surface area contributed by atoms with Crippen LogP contribution < -0.4 is 34.2 Å². The number of ether oxygens (including phenoxy) is 6. The van der Waals surface area contributed by atoms with Crippen LogP contribution >= 0.6 is 0 Å². The average Bonchev–Trinajstić information content (AvgIpc) is 2.96. The van der Waals surface area contributed by atoms with E-state index in [4.69, 9.17) is 39.1 Å². The van der Waals surface area contributed by atoms with Crippen molar-refractivity contribution < 1.29 is 28.4 Å². The van der Waals surface area contributed by atoms with Crippen molar-refractivity contribution in [2.75, 3.05) is 48.4 Å². The van der Waals surface area contributed by atoms with Crippen LogP contribution in [-0.4, -0.2) is 47.6 Å². The number of methoxy groups -OCH3 is 6. The van der Waals surface area contributed by atoms with Crippen molar-refractivity contribution in [3.8, 4) is 51.7 Å². The van der Waals surface area contributed by atoms with Gasteiger partial charge in [-0.1, -0.05) is 6.92 Å². The first-order valence-electron chi connectivity index (χ1n) is 12.4. The van der Waals surface area contributed by atoms with Crippen LogP contribution in [0.25, 0.3) is 22.8 Å². The number of nitrogens with two attached hydrogens (primary N) is 1. The molecule has 204 valence electrons. The zero-order valence-electron chi connectivity index (χ0n) is 23.3. The normalized spacial score (nSPS) is 15.2. The van der Waals surface area contributed by atoms with Gasteiger partial charge in [-0.15, -0.1) is 0 Å². The van der Waals surface area contributed by atoms with Crippen molar-refractivity contribution in [2.45, 2.75) is 25.7 Å². The Balaban J connectivity index is 2.00. The second kappa shape index (κ2) is 11.4. The molecule has 0 saturated carbocycles. The van der Waals surface area contributed by atoms with Gasteiger partial charge in [-0.05, 0) is 71.4 Å². The van der Waals surface area contributed by atoms with Crippen molar-refractivity contribution in [3.05, 3.63) is 46.6 Å². The second-order valence-corrected chi connectivity index (χ2v) is 9.10. The molecule has 2 N–H and O–H groups in total. The van der Waals surface area contributed by atoms with Gasteiger partial charge in [0.1, 0.15) is 17.5 Å². The van der Waals surface area contributed by atoms with E-state index in [2.05, 4.69) is 13.0 Å². The molecule has 3 aromatic rings. The number of rotatable bonds is 8. The van der Waals surface area contributed by atoms with Crippen LogP contribution in [0.2, 0.25) is 0 Å². The molecule has 0 bridgehead atoms. The predicted octanol–water partition coefficient (Wildman–Crippen LogP) is 5.69. The van der Waals surface area contributed by atoms with Gasteiger partial charge in [-0.25, -0.2) is 4.98 Å². The smallest absolute Gasteiger partial charge is 0.203 e. The fourth-order valence-electron chi connectivity index (χ4n) is 5.14. The van der Waals surface area contributed by atoms with E-state index in [1.807, 2.05) is 30.3 Å². The molecule has 9 heteroatoms. The van der Waals surface area contributed by atoms with E-state index >= 15 is 0 Å². The zero-order chi connectivity index (χ0) is 28.3. The standard InChI is InChI=1S/C30H33N3O6/c1-16-8-9-18(10-17-11-21(34-2)28(38-6)22(12-17)35-3)27-25(16)26(20(15-31)30(32)33-27)19-13-23(36-4)29(39-7)24(14-19)37-5/h10-14,16H,8-9H2,1-7H3,(H2,32,33)/b18-10-. The summed E-state index contributed by atoms with van der Waals surface area (Å²) in [7, 11) is 9.41. The summed E-state index contributed by atoms with van der Waals surface area (Å²) in [4.78, 5) is 4.75. The molecule has 39 heavy (non-hydrogen) atoms. The largest absolute Gasteiger partial charge is 0.493 e. The monoisotopic (exact) mass is 531 g/mol. The van der Waals surface area contributed by atoms with Gasteiger partial charge < -0.3 is 34.2 Å². The number of benzene rings is 2. The molecule has 0 aliphatic heterocycles. The molecule has 1 aliphatic carbocycles. The maximum atomic E-state index is 10.2. The minimum Gasteiger partial charge on any atom is -0.493 e. The summed E-state index contributed by atoms with van der Waals surface area (Å²) in [6.07, 6.45) is 3.68. The minimum atomic E-state index is 0.117. The third-order valence-electron chi connectivity index (χ3n) is 7.00. The summed E-state index contributed by atoms with van der Waals surface area (Å²) in [5, 5.41) is 10.2. The highest BCUT2D eigenvalue weighted by atomic mass is 16.5. The van der Waals surface area contributed by atoms with Gasteiger partial charge in [0.15, 0.2) is 23.0 Å². The van der Waals surface area contributed by atoms with Crippen LogP contribution in [0.1, 0.15) is 48.1 Å². The molecule has 1 aromatic heterocycles. The molecule has 1 aliphatic rings. The molecule has 0 spiro atoms. The highest BCUT2D eigenvalue weighted by molar-refractivity contribution is 5.90. The fourth-order valence-corrected chi connectivity index (χ4v) is 5.14. The Morgan fingerprint density at radius 2 is 1.36 bits per heavy atom. The van der Waals surface area contributed by atoms with Crippen molar-refractivity contribution in [1.29, 1.82) is 5.26 Å². The van der Waals surface area contributed by atoms with E-state index in [1.165, 1.54) is 0 Å². The summed E-state index contributed by atoms with van der Waals surface area (Å²) in [6.45, 7) is 2.13. The van der Waals surface area contributed by atoms with E-state index in [-0.39, 0.29) is 11.7 Å². The fraction of sp³-hybridized carbons (Fsp3) is 0.333. The van der Waals surface area contributed by atoms with E-state index < -0.39 is 0 Å². The van der Waals surface area contributed by atoms with Crippen LogP contribution in [0.4, 0.5) is 5.82 Å². The van der Waals surface area contributed by atoms with Gasteiger partial charge in [-0.3, -0.25) is 0 Å². The number of allylic oxidation sites excluding steroid dienone is 1. The molecular weight excluding hydrogens is 498 g/mol. The van der Waals surface area contributed by atoms with E-state index in [1.54, 1.807) is 42.7 Å². The SMILES string of the molecule is COc1cc(/C=C2/CCC(C)c3c2nc(N)c(C#N)c3-c2cc(OC)c(OC)c(OC)c2)cc(OC)c1OC. The van der Waals surface area contributed by atoms with Crippen LogP contribution in [-0.2, 0) is 0 Å². The van der Waals surface area contributed by atoms with Crippen LogP contribution in [0.5, 0.6) is 34.5 Å². The quantitative estimate of drug-likeness (QED) is 0.391. The molecule has 1 unspecified atom stereocenters. The summed E-state index contributed by atoms with van der Waals surface area (Å²) < 4.78 is 33.3. The van der Waals surface area contributed by atoms with Crippen LogP contribution in [0.15, 0.2) is 24.3 Å². The minimum absolute atomic E-state index is 0.117. The lowest BCUT2D eigenvalue weighted by molar-refractivity contribution is 0.324. The Morgan fingerprint density at radius 3 is 1.82 bits per heavy atom. The van der Waals surface area contributed by atoms with E-state index in [0.29, 0.717) is 45.6 Å². The molecule has 1 atom stereocenters. The van der Waals surface area contributed by atoms with Gasteiger partial charge in [0.2, 0.25) is 11.5 Å². The Hall–Kier alpha value is -4.58. The lowest BCUT2D eigenvalue weighted by atomic mass is 9.78. The number of nitrogens with zero attached hydrogens (tertiary/aromatic N) is 2. The molecule has 9 nitrogen and oxygen atoms in total. The van der Waals surface area contributed by atoms with E-state index in [9.17, 15) is 5.26 Å². The first-order chi connectivity index (χ1) is 18.8. The van der Waals surface area contributed by atoms with Gasteiger partial charge in [-0.2, -0.15) is 5.26 Å². The Morgan fingerprint density at radius 1 is 0.846 bits per heavy atom. The van der Waals surface area contributed by atoms with Gasteiger partial charge >= 0.3 is 0 Å². The summed E-state index contributed by atoms with van der Waals surface area (Å²) in [6, 6.07) is 9.72. The summed E-state index contributed by atoms with van der Waals surface area (Å²) >= 11 is 0. The molecular formula is C30H33N3O6. The maximum absolute atomic E-state index is 10.2.